The molecule has 5 aliphatic rings. The number of rotatable bonds is 2. The van der Waals surface area contributed by atoms with E-state index < -0.39 is 5.41 Å². The van der Waals surface area contributed by atoms with Gasteiger partial charge in [-0.2, -0.15) is 0 Å². The molecule has 5 aliphatic carbocycles. The highest BCUT2D eigenvalue weighted by Crippen LogP contribution is 2.75. The Bertz CT molecular complexity index is 1000. The first-order chi connectivity index (χ1) is 16.6. The van der Waals surface area contributed by atoms with Crippen molar-refractivity contribution >= 4 is 11.7 Å². The van der Waals surface area contributed by atoms with Crippen LogP contribution in [0.5, 0.6) is 0 Å². The van der Waals surface area contributed by atoms with Crippen LogP contribution in [0.15, 0.2) is 11.6 Å². The quantitative estimate of drug-likeness (QED) is 0.460. The van der Waals surface area contributed by atoms with Gasteiger partial charge in [0, 0.05) is 17.4 Å². The average molecular weight is 499 g/mol. The van der Waals surface area contributed by atoms with E-state index in [1.807, 2.05) is 0 Å². The molecule has 4 fully saturated rings. The zero-order chi connectivity index (χ0) is 26.5. The molecule has 0 aromatic rings. The predicted octanol–water partition coefficient (Wildman–Crippen LogP) is 5.97. The number of nitrogens with one attached hydrogen (secondary N) is 1. The summed E-state index contributed by atoms with van der Waals surface area (Å²) >= 11 is 0. The molecule has 0 aromatic carbocycles. The molecule has 1 unspecified atom stereocenters. The first-order valence-electron chi connectivity index (χ1n) is 14.4. The first kappa shape index (κ1) is 26.4. The lowest BCUT2D eigenvalue weighted by molar-refractivity contribution is -0.187. The Morgan fingerprint density at radius 3 is 2.31 bits per heavy atom. The molecule has 36 heavy (non-hydrogen) atoms. The Hall–Kier alpha value is -1.20. The SMILES string of the molecule is CONC(=O)[C@@]1(C)CC[C@]2(C)CC[C@]3(C)C(=CC(=O)[C@@H]4[C@@]5(C)CC[C@H](N)C(C)(C)C5CC[C@]43C)[C@@H]2C1. The minimum Gasteiger partial charge on any atom is -0.327 e. The van der Waals surface area contributed by atoms with Crippen LogP contribution in [-0.2, 0) is 14.4 Å². The van der Waals surface area contributed by atoms with E-state index in [-0.39, 0.29) is 50.9 Å². The summed E-state index contributed by atoms with van der Waals surface area (Å²) in [5.74, 6) is 1.08. The third-order valence-electron chi connectivity index (χ3n) is 13.4. The van der Waals surface area contributed by atoms with Crippen molar-refractivity contribution in [3.8, 4) is 0 Å². The Kier molecular flexibility index (Phi) is 5.80. The van der Waals surface area contributed by atoms with E-state index in [1.54, 1.807) is 0 Å². The Labute approximate surface area is 218 Å². The van der Waals surface area contributed by atoms with E-state index in [1.165, 1.54) is 19.1 Å². The number of hydroxylamine groups is 1. The summed E-state index contributed by atoms with van der Waals surface area (Å²) < 4.78 is 0. The van der Waals surface area contributed by atoms with Crippen molar-refractivity contribution in [3.05, 3.63) is 11.6 Å². The molecule has 3 N–H and O–H groups in total. The number of carbonyl (C=O) groups is 2. The van der Waals surface area contributed by atoms with E-state index in [0.29, 0.717) is 11.7 Å². The predicted molar refractivity (Wildman–Crippen MR) is 143 cm³/mol. The third kappa shape index (κ3) is 3.20. The van der Waals surface area contributed by atoms with E-state index in [2.05, 4.69) is 60.0 Å². The number of ketones is 1. The van der Waals surface area contributed by atoms with Gasteiger partial charge in [-0.15, -0.1) is 0 Å². The molecule has 5 nitrogen and oxygen atoms in total. The van der Waals surface area contributed by atoms with Gasteiger partial charge in [-0.25, -0.2) is 5.48 Å². The van der Waals surface area contributed by atoms with Crippen LogP contribution in [0.2, 0.25) is 0 Å². The smallest absolute Gasteiger partial charge is 0.249 e. The molecule has 0 saturated heterocycles. The summed E-state index contributed by atoms with van der Waals surface area (Å²) in [5.41, 5.74) is 10.2. The maximum absolute atomic E-state index is 14.4. The molecule has 9 atom stereocenters. The van der Waals surface area contributed by atoms with E-state index in [0.717, 1.165) is 51.4 Å². The second-order valence-electron chi connectivity index (χ2n) is 15.4. The summed E-state index contributed by atoms with van der Waals surface area (Å²) in [5, 5.41) is 0. The van der Waals surface area contributed by atoms with Crippen molar-refractivity contribution in [2.24, 2.45) is 56.0 Å². The van der Waals surface area contributed by atoms with Crippen molar-refractivity contribution < 1.29 is 14.4 Å². The van der Waals surface area contributed by atoms with Crippen LogP contribution in [0.25, 0.3) is 0 Å². The molecule has 0 radical (unpaired) electrons. The van der Waals surface area contributed by atoms with Crippen molar-refractivity contribution in [2.45, 2.75) is 112 Å². The lowest BCUT2D eigenvalue weighted by atomic mass is 9.33. The monoisotopic (exact) mass is 498 g/mol. The maximum atomic E-state index is 14.4. The van der Waals surface area contributed by atoms with Gasteiger partial charge in [0.2, 0.25) is 5.91 Å². The standard InChI is InChI=1S/C31H50N2O3/c1-26(2)22-9-12-31(7)24(29(22,5)11-10-23(26)32)21(34)17-19-20-18-28(4,25(35)33-36-8)14-13-27(20,3)15-16-30(19,31)6/h17,20,22-24H,9-16,18,32H2,1-8H3,(H,33,35)/t20-,22?,23-,24+,27+,28-,29-,30+,31+/m0/s1. The lowest BCUT2D eigenvalue weighted by Crippen LogP contribution is -2.67. The minimum absolute atomic E-state index is 0.0192. The van der Waals surface area contributed by atoms with Crippen LogP contribution in [0.1, 0.15) is 106 Å². The molecule has 5 rings (SSSR count). The normalized spacial score (nSPS) is 51.7. The third-order valence-corrected chi connectivity index (χ3v) is 13.4. The van der Waals surface area contributed by atoms with Crippen LogP contribution in [-0.4, -0.2) is 24.8 Å². The second kappa shape index (κ2) is 7.91. The molecule has 0 heterocycles. The zero-order valence-electron chi connectivity index (χ0n) is 24.1. The molecule has 1 amide bonds. The summed E-state index contributed by atoms with van der Waals surface area (Å²) in [4.78, 5) is 32.4. The number of allylic oxidation sites excluding steroid dienone is 2. The summed E-state index contributed by atoms with van der Waals surface area (Å²) in [6.07, 6.45) is 11.3. The van der Waals surface area contributed by atoms with Crippen molar-refractivity contribution in [3.63, 3.8) is 0 Å². The fraction of sp³-hybridized carbons (Fsp3) is 0.871. The van der Waals surface area contributed by atoms with Gasteiger partial charge in [-0.1, -0.05) is 54.0 Å². The van der Waals surface area contributed by atoms with Gasteiger partial charge >= 0.3 is 0 Å². The highest BCUT2D eigenvalue weighted by molar-refractivity contribution is 5.95. The van der Waals surface area contributed by atoms with Crippen LogP contribution in [0.3, 0.4) is 0 Å². The fourth-order valence-corrected chi connectivity index (χ4v) is 10.6. The van der Waals surface area contributed by atoms with Gasteiger partial charge < -0.3 is 5.73 Å². The Morgan fingerprint density at radius 1 is 0.972 bits per heavy atom. The van der Waals surface area contributed by atoms with E-state index in [4.69, 9.17) is 10.6 Å². The number of amides is 1. The van der Waals surface area contributed by atoms with Crippen LogP contribution >= 0.6 is 0 Å². The first-order valence-corrected chi connectivity index (χ1v) is 14.4. The zero-order valence-corrected chi connectivity index (χ0v) is 24.1. The topological polar surface area (TPSA) is 81.4 Å². The lowest BCUT2D eigenvalue weighted by Gasteiger charge is -2.70. The number of carbonyl (C=O) groups excluding carboxylic acids is 2. The molecule has 0 aromatic heterocycles. The highest BCUT2D eigenvalue weighted by Gasteiger charge is 2.70. The summed E-state index contributed by atoms with van der Waals surface area (Å²) in [6, 6.07) is 0.203. The highest BCUT2D eigenvalue weighted by atomic mass is 16.6. The molecule has 5 heteroatoms. The maximum Gasteiger partial charge on any atom is 0.249 e. The second-order valence-corrected chi connectivity index (χ2v) is 15.4. The summed E-state index contributed by atoms with van der Waals surface area (Å²) in [6.45, 7) is 16.5. The van der Waals surface area contributed by atoms with Crippen molar-refractivity contribution in [1.82, 2.24) is 5.48 Å². The molecule has 0 aliphatic heterocycles. The number of nitrogens with two attached hydrogens (primary N) is 1. The largest absolute Gasteiger partial charge is 0.327 e. The average Bonchev–Trinajstić information content (AvgIpc) is 2.79. The van der Waals surface area contributed by atoms with Gasteiger partial charge in [-0.05, 0) is 103 Å². The molecule has 202 valence electrons. The van der Waals surface area contributed by atoms with E-state index in [9.17, 15) is 9.59 Å². The Morgan fingerprint density at radius 2 is 1.64 bits per heavy atom. The van der Waals surface area contributed by atoms with Gasteiger partial charge in [0.05, 0.1) is 7.11 Å². The van der Waals surface area contributed by atoms with Crippen LogP contribution in [0, 0.1) is 50.2 Å². The molecule has 0 bridgehead atoms. The molecule has 4 saturated carbocycles. The van der Waals surface area contributed by atoms with E-state index >= 15 is 0 Å². The number of hydrogen-bond acceptors (Lipinski definition) is 4. The van der Waals surface area contributed by atoms with Crippen molar-refractivity contribution in [2.75, 3.05) is 7.11 Å². The minimum atomic E-state index is -0.479. The van der Waals surface area contributed by atoms with Gasteiger partial charge in [0.25, 0.3) is 0 Å². The van der Waals surface area contributed by atoms with Gasteiger partial charge in [0.15, 0.2) is 5.78 Å². The Balaban J connectivity index is 1.59. The molecular weight excluding hydrogens is 448 g/mol. The number of fused-ring (bicyclic) bond motifs is 7. The summed E-state index contributed by atoms with van der Waals surface area (Å²) in [7, 11) is 1.51. The number of hydrogen-bond donors (Lipinski definition) is 2. The van der Waals surface area contributed by atoms with Crippen LogP contribution < -0.4 is 11.2 Å². The van der Waals surface area contributed by atoms with Crippen LogP contribution in [0.4, 0.5) is 0 Å². The van der Waals surface area contributed by atoms with Gasteiger partial charge in [0.1, 0.15) is 0 Å². The van der Waals surface area contributed by atoms with Crippen molar-refractivity contribution in [1.29, 1.82) is 0 Å². The van der Waals surface area contributed by atoms with Gasteiger partial charge in [-0.3, -0.25) is 14.4 Å². The molecule has 0 spiro atoms. The fourth-order valence-electron chi connectivity index (χ4n) is 10.6. The molecular formula is C31H50N2O3.